The van der Waals surface area contributed by atoms with E-state index >= 15 is 0 Å². The second-order valence-electron chi connectivity index (χ2n) is 6.54. The van der Waals surface area contributed by atoms with Crippen LogP contribution in [0.15, 0.2) is 59.5 Å². The molecule has 0 spiro atoms. The second-order valence-corrected chi connectivity index (χ2v) is 8.63. The summed E-state index contributed by atoms with van der Waals surface area (Å²) in [6.45, 7) is 5.64. The number of rotatable bonds is 7. The average Bonchev–Trinajstić information content (AvgIpc) is 2.65. The summed E-state index contributed by atoms with van der Waals surface area (Å²) in [7, 11) is -3.76. The number of sulfonamides is 1. The Labute approximate surface area is 186 Å². The summed E-state index contributed by atoms with van der Waals surface area (Å²) in [6.07, 6.45) is 1.99. The first kappa shape index (κ1) is 24.0. The van der Waals surface area contributed by atoms with Crippen molar-refractivity contribution in [3.05, 3.63) is 65.7 Å². The van der Waals surface area contributed by atoms with Gasteiger partial charge in [0.1, 0.15) is 0 Å². The predicted molar refractivity (Wildman–Crippen MR) is 123 cm³/mol. The Morgan fingerprint density at radius 2 is 1.61 bits per heavy atom. The van der Waals surface area contributed by atoms with E-state index in [0.717, 1.165) is 23.3 Å². The predicted octanol–water partition coefficient (Wildman–Crippen LogP) is 3.04. The monoisotopic (exact) mass is 461 g/mol. The number of anilines is 2. The van der Waals surface area contributed by atoms with E-state index in [1.165, 1.54) is 24.3 Å². The Hall–Kier alpha value is -3.24. The van der Waals surface area contributed by atoms with Gasteiger partial charge >= 0.3 is 5.97 Å². The number of benzene rings is 2. The van der Waals surface area contributed by atoms with Gasteiger partial charge in [-0.15, -0.1) is 0 Å². The SMILES string of the molecule is CCOC(=O)C=CC(=O)NC(=S)Nc1ccc(S(=O)(=O)Nc2cc(C)cc(C)c2)cc1. The lowest BCUT2D eigenvalue weighted by molar-refractivity contribution is -0.137. The van der Waals surface area contributed by atoms with Crippen molar-refractivity contribution in [3.8, 4) is 0 Å². The first-order valence-electron chi connectivity index (χ1n) is 9.27. The third-order valence-electron chi connectivity index (χ3n) is 3.79. The Morgan fingerprint density at radius 3 is 2.19 bits per heavy atom. The summed E-state index contributed by atoms with van der Waals surface area (Å²) in [5.74, 6) is -1.25. The summed E-state index contributed by atoms with van der Waals surface area (Å²) in [4.78, 5) is 23.0. The highest BCUT2D eigenvalue weighted by atomic mass is 32.2. The van der Waals surface area contributed by atoms with Crippen LogP contribution in [0.2, 0.25) is 0 Å². The minimum absolute atomic E-state index is 0.0116. The van der Waals surface area contributed by atoms with Crippen molar-refractivity contribution >= 4 is 50.6 Å². The lowest BCUT2D eigenvalue weighted by atomic mass is 10.1. The standard InChI is InChI=1S/C21H23N3O5S2/c1-4-29-20(26)10-9-19(25)23-21(30)22-16-5-7-18(8-6-16)31(27,28)24-17-12-14(2)11-15(3)13-17/h5-13,24H,4H2,1-3H3,(H2,22,23,25,30). The van der Waals surface area contributed by atoms with Crippen molar-refractivity contribution in [2.75, 3.05) is 16.6 Å². The highest BCUT2D eigenvalue weighted by Crippen LogP contribution is 2.20. The maximum absolute atomic E-state index is 12.6. The number of aryl methyl sites for hydroxylation is 2. The molecule has 3 N–H and O–H groups in total. The molecule has 8 nitrogen and oxygen atoms in total. The molecule has 0 unspecified atom stereocenters. The van der Waals surface area contributed by atoms with Gasteiger partial charge in [-0.05, 0) is 80.5 Å². The lowest BCUT2D eigenvalue weighted by Gasteiger charge is -2.11. The second kappa shape index (κ2) is 10.7. The molecule has 0 aliphatic heterocycles. The van der Waals surface area contributed by atoms with Crippen LogP contribution in [0.3, 0.4) is 0 Å². The molecule has 0 aliphatic carbocycles. The van der Waals surface area contributed by atoms with Crippen molar-refractivity contribution < 1.29 is 22.7 Å². The molecule has 164 valence electrons. The number of esters is 1. The van der Waals surface area contributed by atoms with E-state index in [4.69, 9.17) is 12.2 Å². The molecular weight excluding hydrogens is 438 g/mol. The van der Waals surface area contributed by atoms with Gasteiger partial charge in [0, 0.05) is 23.5 Å². The van der Waals surface area contributed by atoms with E-state index in [-0.39, 0.29) is 16.6 Å². The maximum Gasteiger partial charge on any atom is 0.330 e. The molecule has 0 heterocycles. The molecule has 0 atom stereocenters. The van der Waals surface area contributed by atoms with E-state index in [1.54, 1.807) is 19.1 Å². The van der Waals surface area contributed by atoms with E-state index in [2.05, 4.69) is 20.1 Å². The average molecular weight is 462 g/mol. The van der Waals surface area contributed by atoms with Gasteiger partial charge in [-0.2, -0.15) is 0 Å². The van der Waals surface area contributed by atoms with Crippen LogP contribution in [-0.4, -0.2) is 32.0 Å². The topological polar surface area (TPSA) is 114 Å². The number of nitrogens with one attached hydrogen (secondary N) is 3. The highest BCUT2D eigenvalue weighted by molar-refractivity contribution is 7.92. The number of ether oxygens (including phenoxy) is 1. The summed E-state index contributed by atoms with van der Waals surface area (Å²) in [5, 5.41) is 5.12. The van der Waals surface area contributed by atoms with Crippen LogP contribution in [0.1, 0.15) is 18.1 Å². The van der Waals surface area contributed by atoms with Gasteiger partial charge in [0.15, 0.2) is 5.11 Å². The molecule has 1 amide bonds. The molecule has 2 rings (SSSR count). The summed E-state index contributed by atoms with van der Waals surface area (Å²) in [5.41, 5.74) is 2.86. The van der Waals surface area contributed by atoms with Crippen molar-refractivity contribution in [1.29, 1.82) is 0 Å². The summed E-state index contributed by atoms with van der Waals surface area (Å²) in [6, 6.07) is 11.3. The van der Waals surface area contributed by atoms with Crippen molar-refractivity contribution in [2.24, 2.45) is 0 Å². The Kier molecular flexibility index (Phi) is 8.29. The van der Waals surface area contributed by atoms with Gasteiger partial charge in [0.05, 0.1) is 11.5 Å². The van der Waals surface area contributed by atoms with Crippen LogP contribution >= 0.6 is 12.2 Å². The lowest BCUT2D eigenvalue weighted by Crippen LogP contribution is -2.33. The van der Waals surface area contributed by atoms with E-state index < -0.39 is 21.9 Å². The van der Waals surface area contributed by atoms with Crippen LogP contribution in [0.4, 0.5) is 11.4 Å². The zero-order chi connectivity index (χ0) is 23.0. The van der Waals surface area contributed by atoms with Crippen LogP contribution < -0.4 is 15.4 Å². The Morgan fingerprint density at radius 1 is 1.00 bits per heavy atom. The molecule has 0 saturated carbocycles. The molecule has 10 heteroatoms. The highest BCUT2D eigenvalue weighted by Gasteiger charge is 2.14. The maximum atomic E-state index is 12.6. The third kappa shape index (κ3) is 7.83. The zero-order valence-corrected chi connectivity index (χ0v) is 18.9. The van der Waals surface area contributed by atoms with Gasteiger partial charge in [-0.3, -0.25) is 14.8 Å². The fraction of sp³-hybridized carbons (Fsp3) is 0.190. The number of carbonyl (C=O) groups excluding carboxylic acids is 2. The molecule has 0 bridgehead atoms. The molecule has 0 saturated heterocycles. The van der Waals surface area contributed by atoms with E-state index in [0.29, 0.717) is 11.4 Å². The smallest absolute Gasteiger partial charge is 0.330 e. The summed E-state index contributed by atoms with van der Waals surface area (Å²) < 4.78 is 32.5. The van der Waals surface area contributed by atoms with E-state index in [1.807, 2.05) is 19.9 Å². The number of amides is 1. The molecular formula is C21H23N3O5S2. The summed E-state index contributed by atoms with van der Waals surface area (Å²) >= 11 is 5.04. The molecule has 0 aliphatic rings. The van der Waals surface area contributed by atoms with Crippen molar-refractivity contribution in [1.82, 2.24) is 5.32 Å². The van der Waals surface area contributed by atoms with Crippen molar-refractivity contribution in [2.45, 2.75) is 25.7 Å². The van der Waals surface area contributed by atoms with Gasteiger partial charge in [-0.25, -0.2) is 13.2 Å². The number of hydrogen-bond acceptors (Lipinski definition) is 6. The van der Waals surface area contributed by atoms with Crippen LogP contribution in [0.5, 0.6) is 0 Å². The Balaban J connectivity index is 1.98. The molecule has 0 fully saturated rings. The fourth-order valence-corrected chi connectivity index (χ4v) is 3.87. The minimum atomic E-state index is -3.76. The van der Waals surface area contributed by atoms with E-state index in [9.17, 15) is 18.0 Å². The Bertz CT molecular complexity index is 1090. The van der Waals surface area contributed by atoms with Crippen molar-refractivity contribution in [3.63, 3.8) is 0 Å². The number of carbonyl (C=O) groups is 2. The van der Waals surface area contributed by atoms with Crippen LogP contribution in [0.25, 0.3) is 0 Å². The van der Waals surface area contributed by atoms with Gasteiger partial charge in [-0.1, -0.05) is 6.07 Å². The number of thiocarbonyl (C=S) groups is 1. The minimum Gasteiger partial charge on any atom is -0.463 e. The van der Waals surface area contributed by atoms with Crippen LogP contribution in [-0.2, 0) is 24.3 Å². The first-order chi connectivity index (χ1) is 14.6. The van der Waals surface area contributed by atoms with Gasteiger partial charge in [0.2, 0.25) is 5.91 Å². The first-order valence-corrected chi connectivity index (χ1v) is 11.2. The largest absolute Gasteiger partial charge is 0.463 e. The quantitative estimate of drug-likeness (QED) is 0.330. The fourth-order valence-electron chi connectivity index (χ4n) is 2.62. The molecule has 2 aromatic rings. The van der Waals surface area contributed by atoms with Gasteiger partial charge < -0.3 is 10.1 Å². The normalized spacial score (nSPS) is 11.1. The zero-order valence-electron chi connectivity index (χ0n) is 17.3. The molecule has 0 radical (unpaired) electrons. The number of hydrogen-bond donors (Lipinski definition) is 3. The molecule has 0 aromatic heterocycles. The van der Waals surface area contributed by atoms with Gasteiger partial charge in [0.25, 0.3) is 10.0 Å². The molecule has 2 aromatic carbocycles. The third-order valence-corrected chi connectivity index (χ3v) is 5.39. The van der Waals surface area contributed by atoms with Crippen LogP contribution in [0, 0.1) is 13.8 Å². The molecule has 31 heavy (non-hydrogen) atoms.